The van der Waals surface area contributed by atoms with E-state index in [-0.39, 0.29) is 18.2 Å². The third kappa shape index (κ3) is 4.25. The summed E-state index contributed by atoms with van der Waals surface area (Å²) < 4.78 is 5.05. The van der Waals surface area contributed by atoms with Gasteiger partial charge in [0.2, 0.25) is 0 Å². The fraction of sp³-hybridized carbons (Fsp3) is 0.500. The lowest BCUT2D eigenvalue weighted by atomic mass is 9.99. The molecule has 5 nitrogen and oxygen atoms in total. The fourth-order valence-electron chi connectivity index (χ4n) is 1.58. The van der Waals surface area contributed by atoms with E-state index in [2.05, 4.69) is 10.3 Å². The fourth-order valence-corrected chi connectivity index (χ4v) is 1.70. The van der Waals surface area contributed by atoms with Gasteiger partial charge in [0.25, 0.3) is 5.91 Å². The normalized spacial score (nSPS) is 14.0. The molecule has 0 bridgehead atoms. The molecule has 0 aromatic carbocycles. The van der Waals surface area contributed by atoms with Crippen LogP contribution in [0, 0.1) is 0 Å². The molecule has 0 radical (unpaired) electrons. The zero-order valence-electron chi connectivity index (χ0n) is 10.4. The van der Waals surface area contributed by atoms with Crippen molar-refractivity contribution in [3.63, 3.8) is 0 Å². The van der Waals surface area contributed by atoms with Gasteiger partial charge in [0.1, 0.15) is 5.69 Å². The summed E-state index contributed by atoms with van der Waals surface area (Å²) in [4.78, 5) is 15.9. The minimum Gasteiger partial charge on any atom is -0.396 e. The van der Waals surface area contributed by atoms with Crippen LogP contribution in [0.2, 0.25) is 5.02 Å². The average Bonchev–Trinajstić information content (AvgIpc) is 2.30. The molecule has 6 heteroatoms. The monoisotopic (exact) mass is 272 g/mol. The van der Waals surface area contributed by atoms with Crippen LogP contribution in [0.15, 0.2) is 18.3 Å². The molecule has 100 valence electrons. The van der Waals surface area contributed by atoms with Crippen molar-refractivity contribution in [1.82, 2.24) is 10.3 Å². The number of hydrogen-bond acceptors (Lipinski definition) is 4. The van der Waals surface area contributed by atoms with Crippen LogP contribution in [0.1, 0.15) is 23.8 Å². The van der Waals surface area contributed by atoms with Crippen LogP contribution in [-0.2, 0) is 4.74 Å². The molecule has 1 rings (SSSR count). The van der Waals surface area contributed by atoms with E-state index in [9.17, 15) is 4.79 Å². The van der Waals surface area contributed by atoms with E-state index in [4.69, 9.17) is 21.4 Å². The van der Waals surface area contributed by atoms with Crippen molar-refractivity contribution < 1.29 is 14.6 Å². The molecule has 1 unspecified atom stereocenters. The molecule has 1 aromatic rings. The summed E-state index contributed by atoms with van der Waals surface area (Å²) in [6.07, 6.45) is 1.82. The lowest BCUT2D eigenvalue weighted by Crippen LogP contribution is -2.50. The Morgan fingerprint density at radius 1 is 1.61 bits per heavy atom. The minimum absolute atomic E-state index is 0.0335. The molecule has 0 saturated heterocycles. The highest BCUT2D eigenvalue weighted by molar-refractivity contribution is 6.30. The molecule has 1 aromatic heterocycles. The highest BCUT2D eigenvalue weighted by Gasteiger charge is 2.26. The predicted octanol–water partition coefficient (Wildman–Crippen LogP) is 1.25. The average molecular weight is 273 g/mol. The number of carbonyl (C=O) groups excluding carboxylic acids is 1. The molecule has 2 N–H and O–H groups in total. The van der Waals surface area contributed by atoms with E-state index in [0.29, 0.717) is 18.1 Å². The Bertz CT molecular complexity index is 389. The Labute approximate surface area is 111 Å². The Kier molecular flexibility index (Phi) is 5.53. The maximum absolute atomic E-state index is 12.0. The predicted molar refractivity (Wildman–Crippen MR) is 68.7 cm³/mol. The zero-order valence-corrected chi connectivity index (χ0v) is 11.2. The van der Waals surface area contributed by atoms with Gasteiger partial charge in [-0.2, -0.15) is 0 Å². The lowest BCUT2D eigenvalue weighted by molar-refractivity contribution is 0.0721. The molecule has 0 spiro atoms. The summed E-state index contributed by atoms with van der Waals surface area (Å²) in [6.45, 7) is 2.08. The summed E-state index contributed by atoms with van der Waals surface area (Å²) in [5.41, 5.74) is -0.346. The van der Waals surface area contributed by atoms with Gasteiger partial charge in [-0.15, -0.1) is 0 Å². The van der Waals surface area contributed by atoms with Gasteiger partial charge in [-0.25, -0.2) is 4.98 Å². The second kappa shape index (κ2) is 6.68. The largest absolute Gasteiger partial charge is 0.396 e. The number of nitrogens with zero attached hydrogens (tertiary/aromatic N) is 1. The van der Waals surface area contributed by atoms with Crippen LogP contribution in [0.3, 0.4) is 0 Å². The Morgan fingerprint density at radius 3 is 2.83 bits per heavy atom. The van der Waals surface area contributed by atoms with Crippen LogP contribution < -0.4 is 5.32 Å². The number of pyridine rings is 1. The van der Waals surface area contributed by atoms with Crippen molar-refractivity contribution in [1.29, 1.82) is 0 Å². The van der Waals surface area contributed by atoms with Gasteiger partial charge in [-0.3, -0.25) is 4.79 Å². The number of nitrogens with one attached hydrogen (secondary N) is 1. The number of carbonyl (C=O) groups is 1. The van der Waals surface area contributed by atoms with Gasteiger partial charge in [0.15, 0.2) is 0 Å². The highest BCUT2D eigenvalue weighted by atomic mass is 35.5. The van der Waals surface area contributed by atoms with Crippen molar-refractivity contribution in [2.45, 2.75) is 18.9 Å². The summed E-state index contributed by atoms with van der Waals surface area (Å²) >= 11 is 5.70. The first-order valence-electron chi connectivity index (χ1n) is 5.54. The molecule has 1 heterocycles. The molecule has 0 aliphatic carbocycles. The third-order valence-corrected chi connectivity index (χ3v) is 2.73. The van der Waals surface area contributed by atoms with Crippen LogP contribution in [0.25, 0.3) is 0 Å². The van der Waals surface area contributed by atoms with E-state index in [1.165, 1.54) is 6.20 Å². The molecule has 0 fully saturated rings. The van der Waals surface area contributed by atoms with Gasteiger partial charge in [-0.1, -0.05) is 11.6 Å². The second-order valence-corrected chi connectivity index (χ2v) is 4.72. The second-order valence-electron chi connectivity index (χ2n) is 4.28. The van der Waals surface area contributed by atoms with Gasteiger partial charge in [-0.05, 0) is 25.5 Å². The number of aliphatic hydroxyl groups is 1. The van der Waals surface area contributed by atoms with E-state index >= 15 is 0 Å². The minimum atomic E-state index is -0.623. The molecule has 1 amide bonds. The standard InChI is InChI=1S/C12H17ClN2O3/c1-12(5-6-16,8-18-2)15-11(17)10-4-3-9(13)7-14-10/h3-4,7,16H,5-6,8H2,1-2H3,(H,15,17). The van der Waals surface area contributed by atoms with Crippen molar-refractivity contribution >= 4 is 17.5 Å². The Balaban J connectivity index is 2.74. The number of aromatic nitrogens is 1. The van der Waals surface area contributed by atoms with Gasteiger partial charge in [0, 0.05) is 19.9 Å². The summed E-state index contributed by atoms with van der Waals surface area (Å²) in [5, 5.41) is 12.3. The quantitative estimate of drug-likeness (QED) is 0.818. The van der Waals surface area contributed by atoms with Gasteiger partial charge >= 0.3 is 0 Å². The highest BCUT2D eigenvalue weighted by Crippen LogP contribution is 2.12. The van der Waals surface area contributed by atoms with Crippen molar-refractivity contribution in [2.75, 3.05) is 20.3 Å². The SMILES string of the molecule is COCC(C)(CCO)NC(=O)c1ccc(Cl)cn1. The van der Waals surface area contributed by atoms with Crippen molar-refractivity contribution in [2.24, 2.45) is 0 Å². The molecular weight excluding hydrogens is 256 g/mol. The van der Waals surface area contributed by atoms with Crippen molar-refractivity contribution in [3.05, 3.63) is 29.0 Å². The summed E-state index contributed by atoms with van der Waals surface area (Å²) in [6, 6.07) is 3.15. The van der Waals surface area contributed by atoms with Crippen LogP contribution in [0.4, 0.5) is 0 Å². The first kappa shape index (κ1) is 14.9. The summed E-state index contributed by atoms with van der Waals surface area (Å²) in [5.74, 6) is -0.320. The van der Waals surface area contributed by atoms with Crippen molar-refractivity contribution in [3.8, 4) is 0 Å². The van der Waals surface area contributed by atoms with E-state index in [0.717, 1.165) is 0 Å². The number of hydrogen-bond donors (Lipinski definition) is 2. The first-order valence-corrected chi connectivity index (χ1v) is 5.92. The van der Waals surface area contributed by atoms with E-state index in [1.807, 2.05) is 0 Å². The van der Waals surface area contributed by atoms with Crippen LogP contribution in [0.5, 0.6) is 0 Å². The maximum Gasteiger partial charge on any atom is 0.270 e. The number of methoxy groups -OCH3 is 1. The number of rotatable bonds is 6. The van der Waals surface area contributed by atoms with E-state index < -0.39 is 5.54 Å². The summed E-state index contributed by atoms with van der Waals surface area (Å²) in [7, 11) is 1.54. The van der Waals surface area contributed by atoms with Crippen LogP contribution in [-0.4, -0.2) is 41.9 Å². The van der Waals surface area contributed by atoms with Gasteiger partial charge < -0.3 is 15.2 Å². The van der Waals surface area contributed by atoms with E-state index in [1.54, 1.807) is 26.2 Å². The smallest absolute Gasteiger partial charge is 0.270 e. The lowest BCUT2D eigenvalue weighted by Gasteiger charge is -2.29. The Hall–Kier alpha value is -1.17. The van der Waals surface area contributed by atoms with Crippen LogP contribution >= 0.6 is 11.6 Å². The molecule has 0 saturated carbocycles. The first-order chi connectivity index (χ1) is 8.50. The number of halogens is 1. The third-order valence-electron chi connectivity index (χ3n) is 2.50. The topological polar surface area (TPSA) is 71.5 Å². The van der Waals surface area contributed by atoms with Gasteiger partial charge in [0.05, 0.1) is 17.2 Å². The molecule has 0 aliphatic heterocycles. The zero-order chi connectivity index (χ0) is 13.6. The molecule has 18 heavy (non-hydrogen) atoms. The number of amides is 1. The Morgan fingerprint density at radius 2 is 2.33 bits per heavy atom. The number of aliphatic hydroxyl groups excluding tert-OH is 1. The maximum atomic E-state index is 12.0. The molecule has 1 atom stereocenters. The molecule has 0 aliphatic rings. The number of ether oxygens (including phenoxy) is 1. The molecular formula is C12H17ClN2O3.